The van der Waals surface area contributed by atoms with Gasteiger partial charge in [-0.15, -0.1) is 11.6 Å². The van der Waals surface area contributed by atoms with E-state index in [0.29, 0.717) is 0 Å². The molecule has 1 aliphatic rings. The average Bonchev–Trinajstić information content (AvgIpc) is 2.81. The predicted octanol–water partition coefficient (Wildman–Crippen LogP) is -0.217. The first-order valence-corrected chi connectivity index (χ1v) is 3.92. The standard InChI is InChI=1S/C6H9ClN2O2/c7-3-5(10)8-9-6(11)4-1-2-4/h4H,1-3H2,(H,8,10)(H,9,11). The highest BCUT2D eigenvalue weighted by Crippen LogP contribution is 2.28. The number of hydrazine groups is 1. The number of alkyl halides is 1. The van der Waals surface area contributed by atoms with Crippen LogP contribution in [0.4, 0.5) is 0 Å². The van der Waals surface area contributed by atoms with E-state index in [9.17, 15) is 9.59 Å². The van der Waals surface area contributed by atoms with Crippen LogP contribution in [0.3, 0.4) is 0 Å². The van der Waals surface area contributed by atoms with E-state index in [1.807, 2.05) is 0 Å². The van der Waals surface area contributed by atoms with Crippen LogP contribution in [0.25, 0.3) is 0 Å². The molecule has 0 aliphatic heterocycles. The quantitative estimate of drug-likeness (QED) is 0.452. The second kappa shape index (κ2) is 3.57. The molecule has 4 nitrogen and oxygen atoms in total. The summed E-state index contributed by atoms with van der Waals surface area (Å²) in [5, 5.41) is 0. The molecule has 0 aromatic rings. The Morgan fingerprint density at radius 3 is 2.45 bits per heavy atom. The minimum absolute atomic E-state index is 0.102. The fraction of sp³-hybridized carbons (Fsp3) is 0.667. The molecule has 62 valence electrons. The zero-order chi connectivity index (χ0) is 8.27. The number of halogens is 1. The van der Waals surface area contributed by atoms with Gasteiger partial charge in [-0.25, -0.2) is 0 Å². The number of carbonyl (C=O) groups is 2. The van der Waals surface area contributed by atoms with E-state index in [1.165, 1.54) is 0 Å². The van der Waals surface area contributed by atoms with Crippen LogP contribution in [0.2, 0.25) is 0 Å². The number of hydrogen-bond acceptors (Lipinski definition) is 2. The van der Waals surface area contributed by atoms with Crippen molar-refractivity contribution in [2.45, 2.75) is 12.8 Å². The Morgan fingerprint density at radius 2 is 2.00 bits per heavy atom. The average molecular weight is 177 g/mol. The minimum Gasteiger partial charge on any atom is -0.273 e. The number of hydrogen-bond donors (Lipinski definition) is 2. The predicted molar refractivity (Wildman–Crippen MR) is 39.7 cm³/mol. The molecule has 0 unspecified atom stereocenters. The molecule has 11 heavy (non-hydrogen) atoms. The van der Waals surface area contributed by atoms with Gasteiger partial charge in [-0.3, -0.25) is 20.4 Å². The van der Waals surface area contributed by atoms with Gasteiger partial charge in [-0.05, 0) is 12.8 Å². The van der Waals surface area contributed by atoms with E-state index in [0.717, 1.165) is 12.8 Å². The molecule has 0 heterocycles. The maximum atomic E-state index is 10.9. The summed E-state index contributed by atoms with van der Waals surface area (Å²) < 4.78 is 0. The summed E-state index contributed by atoms with van der Waals surface area (Å²) in [6.07, 6.45) is 1.84. The molecule has 0 bridgehead atoms. The summed E-state index contributed by atoms with van der Waals surface area (Å²) >= 11 is 5.17. The zero-order valence-electron chi connectivity index (χ0n) is 5.89. The molecule has 1 fully saturated rings. The Labute approximate surface area is 69.3 Å². The SMILES string of the molecule is O=C(CCl)NNC(=O)C1CC1. The van der Waals surface area contributed by atoms with Gasteiger partial charge < -0.3 is 0 Å². The molecule has 0 atom stereocenters. The molecule has 0 spiro atoms. The molecular weight excluding hydrogens is 168 g/mol. The van der Waals surface area contributed by atoms with E-state index in [2.05, 4.69) is 10.9 Å². The first-order valence-electron chi connectivity index (χ1n) is 3.38. The smallest absolute Gasteiger partial charge is 0.253 e. The van der Waals surface area contributed by atoms with Crippen molar-refractivity contribution in [1.82, 2.24) is 10.9 Å². The Bertz CT molecular complexity index is 179. The Balaban J connectivity index is 2.10. The maximum Gasteiger partial charge on any atom is 0.253 e. The van der Waals surface area contributed by atoms with Gasteiger partial charge in [0.05, 0.1) is 0 Å². The van der Waals surface area contributed by atoms with Gasteiger partial charge in [0.1, 0.15) is 5.88 Å². The van der Waals surface area contributed by atoms with Crippen molar-refractivity contribution in [2.24, 2.45) is 5.92 Å². The first kappa shape index (κ1) is 8.33. The maximum absolute atomic E-state index is 10.9. The summed E-state index contributed by atoms with van der Waals surface area (Å²) in [6.45, 7) is 0. The molecule has 0 aromatic heterocycles. The second-order valence-corrected chi connectivity index (χ2v) is 2.71. The lowest BCUT2D eigenvalue weighted by molar-refractivity contribution is -0.128. The molecule has 0 saturated heterocycles. The highest BCUT2D eigenvalue weighted by Gasteiger charge is 2.29. The van der Waals surface area contributed by atoms with Crippen molar-refractivity contribution in [3.05, 3.63) is 0 Å². The summed E-state index contributed by atoms with van der Waals surface area (Å²) in [5.41, 5.74) is 4.46. The Morgan fingerprint density at radius 1 is 1.36 bits per heavy atom. The van der Waals surface area contributed by atoms with E-state index < -0.39 is 0 Å². The molecule has 1 aliphatic carbocycles. The van der Waals surface area contributed by atoms with Crippen LogP contribution >= 0.6 is 11.6 Å². The molecule has 2 amide bonds. The molecule has 0 aromatic carbocycles. The van der Waals surface area contributed by atoms with Crippen molar-refractivity contribution in [3.8, 4) is 0 Å². The van der Waals surface area contributed by atoms with Crippen LogP contribution in [-0.4, -0.2) is 17.7 Å². The van der Waals surface area contributed by atoms with Crippen molar-refractivity contribution < 1.29 is 9.59 Å². The lowest BCUT2D eigenvalue weighted by atomic mass is 10.4. The van der Waals surface area contributed by atoms with Gasteiger partial charge in [0.2, 0.25) is 5.91 Å². The largest absolute Gasteiger partial charge is 0.273 e. The van der Waals surface area contributed by atoms with E-state index in [1.54, 1.807) is 0 Å². The van der Waals surface area contributed by atoms with E-state index in [-0.39, 0.29) is 23.6 Å². The molecule has 2 N–H and O–H groups in total. The van der Waals surface area contributed by atoms with E-state index >= 15 is 0 Å². The summed E-state index contributed by atoms with van der Waals surface area (Å²) in [6, 6.07) is 0. The molecule has 1 saturated carbocycles. The van der Waals surface area contributed by atoms with Gasteiger partial charge in [-0.1, -0.05) is 0 Å². The minimum atomic E-state index is -0.388. The highest BCUT2D eigenvalue weighted by molar-refractivity contribution is 6.27. The van der Waals surface area contributed by atoms with Crippen LogP contribution in [0.5, 0.6) is 0 Å². The first-order chi connectivity index (χ1) is 5.24. The molecular formula is C6H9ClN2O2. The van der Waals surface area contributed by atoms with E-state index in [4.69, 9.17) is 11.6 Å². The van der Waals surface area contributed by atoms with Crippen molar-refractivity contribution in [2.75, 3.05) is 5.88 Å². The van der Waals surface area contributed by atoms with Crippen molar-refractivity contribution in [1.29, 1.82) is 0 Å². The van der Waals surface area contributed by atoms with Crippen LogP contribution < -0.4 is 10.9 Å². The third kappa shape index (κ3) is 2.76. The summed E-state index contributed by atoms with van der Waals surface area (Å²) in [7, 11) is 0. The van der Waals surface area contributed by atoms with Crippen molar-refractivity contribution >= 4 is 23.4 Å². The zero-order valence-corrected chi connectivity index (χ0v) is 6.65. The van der Waals surface area contributed by atoms with Gasteiger partial charge >= 0.3 is 0 Å². The van der Waals surface area contributed by atoms with Gasteiger partial charge in [0.25, 0.3) is 5.91 Å². The van der Waals surface area contributed by atoms with Gasteiger partial charge in [0, 0.05) is 5.92 Å². The summed E-state index contributed by atoms with van der Waals surface area (Å²) in [5.74, 6) is -0.542. The Kier molecular flexibility index (Phi) is 2.70. The van der Waals surface area contributed by atoms with Gasteiger partial charge in [0.15, 0.2) is 0 Å². The third-order valence-electron chi connectivity index (χ3n) is 1.39. The Hall–Kier alpha value is -0.770. The fourth-order valence-corrected chi connectivity index (χ4v) is 0.679. The third-order valence-corrected chi connectivity index (χ3v) is 1.64. The van der Waals surface area contributed by atoms with Crippen LogP contribution in [0.15, 0.2) is 0 Å². The molecule has 0 radical (unpaired) electrons. The van der Waals surface area contributed by atoms with Crippen LogP contribution in [0.1, 0.15) is 12.8 Å². The lowest BCUT2D eigenvalue weighted by Gasteiger charge is -2.03. The lowest BCUT2D eigenvalue weighted by Crippen LogP contribution is -2.42. The van der Waals surface area contributed by atoms with Crippen LogP contribution in [-0.2, 0) is 9.59 Å². The number of rotatable bonds is 2. The highest BCUT2D eigenvalue weighted by atomic mass is 35.5. The molecule has 5 heteroatoms. The molecule has 1 rings (SSSR count). The monoisotopic (exact) mass is 176 g/mol. The second-order valence-electron chi connectivity index (χ2n) is 2.45. The van der Waals surface area contributed by atoms with Gasteiger partial charge in [-0.2, -0.15) is 0 Å². The van der Waals surface area contributed by atoms with Crippen LogP contribution in [0, 0.1) is 5.92 Å². The fourth-order valence-electron chi connectivity index (χ4n) is 0.612. The topological polar surface area (TPSA) is 58.2 Å². The number of nitrogens with one attached hydrogen (secondary N) is 2. The number of amides is 2. The van der Waals surface area contributed by atoms with Crippen molar-refractivity contribution in [3.63, 3.8) is 0 Å². The summed E-state index contributed by atoms with van der Waals surface area (Å²) in [4.78, 5) is 21.4. The normalized spacial score (nSPS) is 15.7. The number of carbonyl (C=O) groups excluding carboxylic acids is 2.